The molecule has 0 radical (unpaired) electrons. The summed E-state index contributed by atoms with van der Waals surface area (Å²) in [5.41, 5.74) is 4.35. The van der Waals surface area contributed by atoms with E-state index < -0.39 is 0 Å². The lowest BCUT2D eigenvalue weighted by molar-refractivity contribution is -0.139. The van der Waals surface area contributed by atoms with E-state index in [-0.39, 0.29) is 23.6 Å². The largest absolute Gasteiger partial charge is 0.273 e. The van der Waals surface area contributed by atoms with Crippen molar-refractivity contribution in [3.63, 3.8) is 0 Å². The van der Waals surface area contributed by atoms with Crippen LogP contribution < -0.4 is 5.43 Å². The molecule has 2 aromatic carbocycles. The van der Waals surface area contributed by atoms with Crippen LogP contribution >= 0.6 is 34.9 Å². The third-order valence-corrected chi connectivity index (χ3v) is 6.34. The number of halogens is 1. The highest BCUT2D eigenvalue weighted by Crippen LogP contribution is 2.38. The first-order valence-corrected chi connectivity index (χ1v) is 10.1. The molecule has 0 aliphatic carbocycles. The van der Waals surface area contributed by atoms with Crippen LogP contribution in [0.25, 0.3) is 10.1 Å². The SMILES string of the molecule is O=C(Cc1nsc2ccccc12)NN1C(=O)CSC1c1cccc(Cl)c1. The van der Waals surface area contributed by atoms with Crippen molar-refractivity contribution in [1.29, 1.82) is 0 Å². The summed E-state index contributed by atoms with van der Waals surface area (Å²) in [6, 6.07) is 15.1. The molecule has 3 aromatic rings. The zero-order chi connectivity index (χ0) is 18.1. The van der Waals surface area contributed by atoms with Gasteiger partial charge in [-0.05, 0) is 35.3 Å². The van der Waals surface area contributed by atoms with Crippen molar-refractivity contribution in [2.24, 2.45) is 0 Å². The number of hydrogen-bond acceptors (Lipinski definition) is 5. The molecule has 1 unspecified atom stereocenters. The summed E-state index contributed by atoms with van der Waals surface area (Å²) in [6.07, 6.45) is 0.126. The summed E-state index contributed by atoms with van der Waals surface area (Å²) in [4.78, 5) is 24.8. The fourth-order valence-electron chi connectivity index (χ4n) is 2.84. The second-order valence-electron chi connectivity index (χ2n) is 5.82. The van der Waals surface area contributed by atoms with Crippen LogP contribution in [-0.2, 0) is 16.0 Å². The Hall–Kier alpha value is -2.09. The van der Waals surface area contributed by atoms with E-state index in [9.17, 15) is 9.59 Å². The minimum absolute atomic E-state index is 0.126. The zero-order valence-electron chi connectivity index (χ0n) is 13.5. The first-order valence-electron chi connectivity index (χ1n) is 7.94. The normalized spacial score (nSPS) is 17.0. The molecule has 0 spiro atoms. The smallest absolute Gasteiger partial charge is 0.252 e. The first kappa shape index (κ1) is 17.3. The van der Waals surface area contributed by atoms with Gasteiger partial charge in [0.2, 0.25) is 5.91 Å². The fourth-order valence-corrected chi connectivity index (χ4v) is 4.93. The molecule has 26 heavy (non-hydrogen) atoms. The Morgan fingerprint density at radius 2 is 2.12 bits per heavy atom. The van der Waals surface area contributed by atoms with Gasteiger partial charge in [0.1, 0.15) is 5.37 Å². The Balaban J connectivity index is 1.51. The van der Waals surface area contributed by atoms with Crippen molar-refractivity contribution in [2.45, 2.75) is 11.8 Å². The van der Waals surface area contributed by atoms with Gasteiger partial charge in [-0.1, -0.05) is 41.9 Å². The van der Waals surface area contributed by atoms with Crippen molar-refractivity contribution in [2.75, 3.05) is 5.75 Å². The lowest BCUT2D eigenvalue weighted by atomic mass is 10.2. The van der Waals surface area contributed by atoms with E-state index in [4.69, 9.17) is 11.6 Å². The first-order chi connectivity index (χ1) is 12.6. The average Bonchev–Trinajstić information content (AvgIpc) is 3.20. The van der Waals surface area contributed by atoms with Gasteiger partial charge in [-0.15, -0.1) is 11.8 Å². The van der Waals surface area contributed by atoms with Crippen LogP contribution in [0, 0.1) is 0 Å². The van der Waals surface area contributed by atoms with Crippen molar-refractivity contribution < 1.29 is 9.59 Å². The number of aromatic nitrogens is 1. The zero-order valence-corrected chi connectivity index (χ0v) is 15.9. The fraction of sp³-hybridized carbons (Fsp3) is 0.167. The number of fused-ring (bicyclic) bond motifs is 1. The second kappa shape index (κ2) is 7.26. The van der Waals surface area contributed by atoms with E-state index in [1.54, 1.807) is 6.07 Å². The van der Waals surface area contributed by atoms with E-state index in [1.807, 2.05) is 42.5 Å². The van der Waals surface area contributed by atoms with Gasteiger partial charge in [0.25, 0.3) is 5.91 Å². The molecule has 1 aliphatic heterocycles. The van der Waals surface area contributed by atoms with Crippen LogP contribution in [0.3, 0.4) is 0 Å². The van der Waals surface area contributed by atoms with Crippen molar-refractivity contribution in [3.8, 4) is 0 Å². The van der Waals surface area contributed by atoms with Gasteiger partial charge in [-0.3, -0.25) is 15.0 Å². The molecule has 0 bridgehead atoms. The summed E-state index contributed by atoms with van der Waals surface area (Å²) in [7, 11) is 0. The Labute approximate surface area is 163 Å². The summed E-state index contributed by atoms with van der Waals surface area (Å²) in [5.74, 6) is -0.0720. The standard InChI is InChI=1S/C18H14ClN3O2S2/c19-12-5-3-4-11(8-12)18-22(17(24)10-25-18)20-16(23)9-14-13-6-1-2-7-15(13)26-21-14/h1-8,18H,9-10H2,(H,20,23). The Bertz CT molecular complexity index is 991. The molecule has 1 aliphatic rings. The van der Waals surface area contributed by atoms with Gasteiger partial charge in [0.15, 0.2) is 0 Å². The van der Waals surface area contributed by atoms with E-state index in [0.29, 0.717) is 10.8 Å². The number of hydrogen-bond donors (Lipinski definition) is 1. The molecule has 4 rings (SSSR count). The highest BCUT2D eigenvalue weighted by molar-refractivity contribution is 8.00. The number of nitrogens with zero attached hydrogens (tertiary/aromatic N) is 2. The predicted molar refractivity (Wildman–Crippen MR) is 105 cm³/mol. The van der Waals surface area contributed by atoms with Gasteiger partial charge >= 0.3 is 0 Å². The number of carbonyl (C=O) groups is 2. The summed E-state index contributed by atoms with van der Waals surface area (Å²) >= 11 is 8.89. The van der Waals surface area contributed by atoms with Crippen molar-refractivity contribution >= 4 is 56.8 Å². The summed E-state index contributed by atoms with van der Waals surface area (Å²) in [6.45, 7) is 0. The van der Waals surface area contributed by atoms with Crippen molar-refractivity contribution in [1.82, 2.24) is 14.8 Å². The van der Waals surface area contributed by atoms with Crippen molar-refractivity contribution in [3.05, 3.63) is 64.8 Å². The van der Waals surface area contributed by atoms with Gasteiger partial charge in [-0.25, -0.2) is 5.01 Å². The number of hydrazine groups is 1. The molecule has 2 heterocycles. The maximum absolute atomic E-state index is 12.5. The van der Waals surface area contributed by atoms with E-state index >= 15 is 0 Å². The third kappa shape index (κ3) is 3.42. The number of nitrogens with one attached hydrogen (secondary N) is 1. The number of rotatable bonds is 4. The molecule has 0 saturated carbocycles. The Kier molecular flexibility index (Phi) is 4.84. The van der Waals surface area contributed by atoms with Crippen LogP contribution in [-0.4, -0.2) is 26.9 Å². The molecule has 1 saturated heterocycles. The Morgan fingerprint density at radius 3 is 2.96 bits per heavy atom. The number of amides is 2. The maximum Gasteiger partial charge on any atom is 0.252 e. The summed E-state index contributed by atoms with van der Waals surface area (Å²) < 4.78 is 5.41. The molecule has 1 atom stereocenters. The molecular weight excluding hydrogens is 390 g/mol. The monoisotopic (exact) mass is 403 g/mol. The van der Waals surface area contributed by atoms with Gasteiger partial charge in [-0.2, -0.15) is 4.37 Å². The Morgan fingerprint density at radius 1 is 1.27 bits per heavy atom. The quantitative estimate of drug-likeness (QED) is 0.719. The molecular formula is C18H14ClN3O2S2. The van der Waals surface area contributed by atoms with Gasteiger partial charge < -0.3 is 0 Å². The van der Waals surface area contributed by atoms with Gasteiger partial charge in [0, 0.05) is 10.4 Å². The number of benzene rings is 2. The van der Waals surface area contributed by atoms with Crippen LogP contribution in [0.15, 0.2) is 48.5 Å². The summed E-state index contributed by atoms with van der Waals surface area (Å²) in [5, 5.41) is 2.69. The maximum atomic E-state index is 12.5. The highest BCUT2D eigenvalue weighted by atomic mass is 35.5. The topological polar surface area (TPSA) is 62.3 Å². The van der Waals surface area contributed by atoms with Crippen LogP contribution in [0.5, 0.6) is 0 Å². The number of carbonyl (C=O) groups excluding carboxylic acids is 2. The minimum Gasteiger partial charge on any atom is -0.273 e. The highest BCUT2D eigenvalue weighted by Gasteiger charge is 2.34. The molecule has 1 N–H and O–H groups in total. The lowest BCUT2D eigenvalue weighted by Gasteiger charge is -2.24. The van der Waals surface area contributed by atoms with Crippen LogP contribution in [0.4, 0.5) is 0 Å². The number of thioether (sulfide) groups is 1. The molecule has 8 heteroatoms. The second-order valence-corrected chi connectivity index (χ2v) is 8.13. The van der Waals surface area contributed by atoms with Crippen LogP contribution in [0.1, 0.15) is 16.6 Å². The molecule has 132 valence electrons. The molecule has 2 amide bonds. The van der Waals surface area contributed by atoms with Gasteiger partial charge in [0.05, 0.1) is 22.6 Å². The molecule has 1 fully saturated rings. The predicted octanol–water partition coefficient (Wildman–Crippen LogP) is 3.80. The third-order valence-electron chi connectivity index (χ3n) is 4.03. The van der Waals surface area contributed by atoms with E-state index in [2.05, 4.69) is 9.80 Å². The minimum atomic E-state index is -0.280. The van der Waals surface area contributed by atoms with E-state index in [0.717, 1.165) is 21.3 Å². The molecule has 1 aromatic heterocycles. The average molecular weight is 404 g/mol. The lowest BCUT2D eigenvalue weighted by Crippen LogP contribution is -2.45. The van der Waals surface area contributed by atoms with Crippen LogP contribution in [0.2, 0.25) is 5.02 Å². The van der Waals surface area contributed by atoms with E-state index in [1.165, 1.54) is 28.3 Å². The molecule has 5 nitrogen and oxygen atoms in total.